The number of aliphatic hydroxyl groups excluding tert-OH is 1. The summed E-state index contributed by atoms with van der Waals surface area (Å²) < 4.78 is 5.09. The molecule has 0 unspecified atom stereocenters. The largest absolute Gasteiger partial charge is 0.393 e. The Morgan fingerprint density at radius 1 is 1.67 bits per heavy atom. The van der Waals surface area contributed by atoms with Crippen molar-refractivity contribution < 1.29 is 5.11 Å². The summed E-state index contributed by atoms with van der Waals surface area (Å²) in [5.74, 6) is 1.59. The first-order valence-electron chi connectivity index (χ1n) is 3.85. The Hall–Kier alpha value is -0.130. The highest BCUT2D eigenvalue weighted by Crippen LogP contribution is 2.20. The molecule has 1 aromatic rings. The van der Waals surface area contributed by atoms with Gasteiger partial charge in [-0.2, -0.15) is 4.37 Å². The van der Waals surface area contributed by atoms with Crippen LogP contribution in [-0.2, 0) is 6.42 Å². The maximum Gasteiger partial charge on any atom is 0.170 e. The van der Waals surface area contributed by atoms with Gasteiger partial charge in [0, 0.05) is 12.2 Å². The van der Waals surface area contributed by atoms with Crippen LogP contribution in [0.4, 0.5) is 0 Å². The Kier molecular flexibility index (Phi) is 3.97. The lowest BCUT2D eigenvalue weighted by Crippen LogP contribution is -2.01. The topological polar surface area (TPSA) is 46.0 Å². The fourth-order valence-corrected chi connectivity index (χ4v) is 2.21. The Morgan fingerprint density at radius 3 is 2.92 bits per heavy atom. The van der Waals surface area contributed by atoms with Crippen LogP contribution in [0.5, 0.6) is 0 Å². The highest BCUT2D eigenvalue weighted by atomic mass is 32.2. The first-order valence-corrected chi connectivity index (χ1v) is 5.61. The molecular formula is C7H12N2OS2. The summed E-state index contributed by atoms with van der Waals surface area (Å²) in [7, 11) is 0. The van der Waals surface area contributed by atoms with Gasteiger partial charge in [0.2, 0.25) is 0 Å². The van der Waals surface area contributed by atoms with E-state index < -0.39 is 0 Å². The number of hydrogen-bond acceptors (Lipinski definition) is 5. The molecular weight excluding hydrogens is 192 g/mol. The fraction of sp³-hybridized carbons (Fsp3) is 0.714. The van der Waals surface area contributed by atoms with Crippen molar-refractivity contribution in [2.75, 3.05) is 5.75 Å². The Labute approximate surface area is 80.4 Å². The van der Waals surface area contributed by atoms with Crippen LogP contribution in [0.1, 0.15) is 19.7 Å². The van der Waals surface area contributed by atoms with Crippen LogP contribution >= 0.6 is 23.3 Å². The van der Waals surface area contributed by atoms with E-state index in [2.05, 4.69) is 9.36 Å². The van der Waals surface area contributed by atoms with Crippen LogP contribution < -0.4 is 0 Å². The fourth-order valence-electron chi connectivity index (χ4n) is 0.632. The maximum atomic E-state index is 9.01. The maximum absolute atomic E-state index is 9.01. The average Bonchev–Trinajstić information content (AvgIpc) is 2.48. The van der Waals surface area contributed by atoms with Crippen molar-refractivity contribution in [2.24, 2.45) is 0 Å². The molecule has 0 aliphatic carbocycles. The van der Waals surface area contributed by atoms with Gasteiger partial charge in [-0.1, -0.05) is 18.7 Å². The molecule has 0 aliphatic rings. The molecule has 3 nitrogen and oxygen atoms in total. The van der Waals surface area contributed by atoms with Gasteiger partial charge in [-0.3, -0.25) is 0 Å². The van der Waals surface area contributed by atoms with Crippen molar-refractivity contribution in [3.63, 3.8) is 0 Å². The third-order valence-electron chi connectivity index (χ3n) is 1.21. The predicted molar refractivity (Wildman–Crippen MR) is 51.7 cm³/mol. The number of nitrogens with zero attached hydrogens (tertiary/aromatic N) is 2. The number of rotatable bonds is 4. The molecule has 12 heavy (non-hydrogen) atoms. The van der Waals surface area contributed by atoms with Crippen molar-refractivity contribution in [1.82, 2.24) is 9.36 Å². The predicted octanol–water partition coefficient (Wildman–Crippen LogP) is 1.57. The van der Waals surface area contributed by atoms with E-state index in [0.29, 0.717) is 5.75 Å². The number of aromatic nitrogens is 2. The van der Waals surface area contributed by atoms with Gasteiger partial charge in [0.15, 0.2) is 4.34 Å². The second kappa shape index (κ2) is 4.79. The van der Waals surface area contributed by atoms with Crippen molar-refractivity contribution in [3.8, 4) is 0 Å². The van der Waals surface area contributed by atoms with Gasteiger partial charge in [-0.25, -0.2) is 4.98 Å². The molecule has 68 valence electrons. The van der Waals surface area contributed by atoms with Gasteiger partial charge in [-0.05, 0) is 18.5 Å². The van der Waals surface area contributed by atoms with E-state index in [0.717, 1.165) is 16.6 Å². The molecule has 0 fully saturated rings. The van der Waals surface area contributed by atoms with Crippen LogP contribution in [0.25, 0.3) is 0 Å². The molecule has 0 saturated carbocycles. The number of aryl methyl sites for hydroxylation is 1. The quantitative estimate of drug-likeness (QED) is 0.756. The van der Waals surface area contributed by atoms with Crippen LogP contribution in [-0.4, -0.2) is 26.3 Å². The lowest BCUT2D eigenvalue weighted by molar-refractivity contribution is 0.220. The molecule has 0 aromatic carbocycles. The zero-order chi connectivity index (χ0) is 8.97. The van der Waals surface area contributed by atoms with Crippen LogP contribution in [0, 0.1) is 0 Å². The van der Waals surface area contributed by atoms with Crippen LogP contribution in [0.2, 0.25) is 0 Å². The molecule has 0 amide bonds. The summed E-state index contributed by atoms with van der Waals surface area (Å²) in [4.78, 5) is 4.26. The SMILES string of the molecule is CCc1nsc(SC[C@@H](C)O)n1. The summed E-state index contributed by atoms with van der Waals surface area (Å²) in [6.07, 6.45) is 0.607. The summed E-state index contributed by atoms with van der Waals surface area (Å²) in [5.41, 5.74) is 0. The van der Waals surface area contributed by atoms with E-state index in [1.807, 2.05) is 6.92 Å². The van der Waals surface area contributed by atoms with Gasteiger partial charge in [0.25, 0.3) is 0 Å². The van der Waals surface area contributed by atoms with Crippen molar-refractivity contribution in [2.45, 2.75) is 30.7 Å². The molecule has 1 atom stereocenters. The highest BCUT2D eigenvalue weighted by Gasteiger charge is 2.04. The normalized spacial score (nSPS) is 13.2. The molecule has 1 heterocycles. The van der Waals surface area contributed by atoms with Crippen LogP contribution in [0.15, 0.2) is 4.34 Å². The minimum atomic E-state index is -0.274. The molecule has 0 bridgehead atoms. The summed E-state index contributed by atoms with van der Waals surface area (Å²) in [6, 6.07) is 0. The summed E-state index contributed by atoms with van der Waals surface area (Å²) in [5, 5.41) is 9.01. The number of aliphatic hydroxyl groups is 1. The standard InChI is InChI=1S/C7H12N2OS2/c1-3-6-8-7(12-9-6)11-4-5(2)10/h5,10H,3-4H2,1-2H3/t5-/m1/s1. The average molecular weight is 204 g/mol. The lowest BCUT2D eigenvalue weighted by atomic mass is 10.5. The monoisotopic (exact) mass is 204 g/mol. The van der Waals surface area contributed by atoms with E-state index in [1.54, 1.807) is 18.7 Å². The second-order valence-electron chi connectivity index (χ2n) is 2.49. The highest BCUT2D eigenvalue weighted by molar-refractivity contribution is 8.00. The van der Waals surface area contributed by atoms with Crippen molar-refractivity contribution >= 4 is 23.3 Å². The van der Waals surface area contributed by atoms with E-state index in [9.17, 15) is 0 Å². The Balaban J connectivity index is 2.41. The number of hydrogen-bond donors (Lipinski definition) is 1. The van der Waals surface area contributed by atoms with Gasteiger partial charge >= 0.3 is 0 Å². The molecule has 1 N–H and O–H groups in total. The Bertz CT molecular complexity index is 237. The third kappa shape index (κ3) is 3.08. The summed E-state index contributed by atoms with van der Waals surface area (Å²) in [6.45, 7) is 3.81. The van der Waals surface area contributed by atoms with Gasteiger partial charge in [0.05, 0.1) is 6.10 Å². The molecule has 0 spiro atoms. The minimum absolute atomic E-state index is 0.274. The molecule has 1 aromatic heterocycles. The van der Waals surface area contributed by atoms with Crippen molar-refractivity contribution in [3.05, 3.63) is 5.82 Å². The van der Waals surface area contributed by atoms with E-state index in [4.69, 9.17) is 5.11 Å². The molecule has 0 radical (unpaired) electrons. The first kappa shape index (κ1) is 9.95. The Morgan fingerprint density at radius 2 is 2.42 bits per heavy atom. The van der Waals surface area contributed by atoms with Crippen molar-refractivity contribution in [1.29, 1.82) is 0 Å². The molecule has 0 saturated heterocycles. The minimum Gasteiger partial charge on any atom is -0.393 e. The van der Waals surface area contributed by atoms with Crippen LogP contribution in [0.3, 0.4) is 0 Å². The first-order chi connectivity index (χ1) is 5.72. The molecule has 0 aliphatic heterocycles. The lowest BCUT2D eigenvalue weighted by Gasteiger charge is -1.98. The molecule has 5 heteroatoms. The smallest absolute Gasteiger partial charge is 0.170 e. The van der Waals surface area contributed by atoms with E-state index in [1.165, 1.54) is 11.5 Å². The van der Waals surface area contributed by atoms with Gasteiger partial charge in [-0.15, -0.1) is 0 Å². The van der Waals surface area contributed by atoms with Gasteiger partial charge in [0.1, 0.15) is 5.82 Å². The summed E-state index contributed by atoms with van der Waals surface area (Å²) >= 11 is 2.97. The molecule has 1 rings (SSSR count). The third-order valence-corrected chi connectivity index (χ3v) is 3.33. The zero-order valence-corrected chi connectivity index (χ0v) is 8.78. The van der Waals surface area contributed by atoms with E-state index >= 15 is 0 Å². The number of thioether (sulfide) groups is 1. The van der Waals surface area contributed by atoms with Gasteiger partial charge < -0.3 is 5.11 Å². The zero-order valence-electron chi connectivity index (χ0n) is 7.15. The van der Waals surface area contributed by atoms with E-state index in [-0.39, 0.29) is 6.10 Å². The second-order valence-corrected chi connectivity index (χ2v) is 4.51.